The predicted molar refractivity (Wildman–Crippen MR) is 72.6 cm³/mol. The van der Waals surface area contributed by atoms with E-state index in [1.54, 1.807) is 7.11 Å². The highest BCUT2D eigenvalue weighted by Crippen LogP contribution is 2.08. The largest absolute Gasteiger partial charge is 0.383 e. The third-order valence-electron chi connectivity index (χ3n) is 2.28. The number of hydrogen-bond acceptors (Lipinski definition) is 2. The fraction of sp³-hybridized carbons (Fsp3) is 0.417. The summed E-state index contributed by atoms with van der Waals surface area (Å²) in [5.74, 6) is -0.0394. The molecule has 0 heterocycles. The molecular formula is C12H16INO2. The van der Waals surface area contributed by atoms with Crippen molar-refractivity contribution in [2.45, 2.75) is 19.4 Å². The van der Waals surface area contributed by atoms with E-state index in [1.807, 2.05) is 31.2 Å². The zero-order chi connectivity index (χ0) is 12.0. The second-order valence-electron chi connectivity index (χ2n) is 3.54. The van der Waals surface area contributed by atoms with Gasteiger partial charge in [-0.1, -0.05) is 13.0 Å². The number of ether oxygens (including phenoxy) is 1. The van der Waals surface area contributed by atoms with Gasteiger partial charge in [0, 0.05) is 16.2 Å². The number of carbonyl (C=O) groups is 1. The molecule has 3 nitrogen and oxygen atoms in total. The maximum absolute atomic E-state index is 11.9. The van der Waals surface area contributed by atoms with Gasteiger partial charge >= 0.3 is 0 Å². The average molecular weight is 333 g/mol. The fourth-order valence-electron chi connectivity index (χ4n) is 1.36. The van der Waals surface area contributed by atoms with Crippen LogP contribution in [0, 0.1) is 3.57 Å². The van der Waals surface area contributed by atoms with Crippen molar-refractivity contribution in [3.05, 3.63) is 33.4 Å². The van der Waals surface area contributed by atoms with Crippen molar-refractivity contribution in [2.75, 3.05) is 13.7 Å². The third-order valence-corrected chi connectivity index (χ3v) is 2.95. The van der Waals surface area contributed by atoms with Gasteiger partial charge in [-0.3, -0.25) is 4.79 Å². The smallest absolute Gasteiger partial charge is 0.251 e. The Morgan fingerprint density at radius 2 is 2.31 bits per heavy atom. The molecule has 16 heavy (non-hydrogen) atoms. The summed E-state index contributed by atoms with van der Waals surface area (Å²) in [5.41, 5.74) is 0.696. The van der Waals surface area contributed by atoms with Crippen LogP contribution < -0.4 is 5.32 Å². The second-order valence-corrected chi connectivity index (χ2v) is 4.79. The van der Waals surface area contributed by atoms with E-state index in [-0.39, 0.29) is 11.9 Å². The minimum absolute atomic E-state index is 0.0394. The Balaban J connectivity index is 2.64. The van der Waals surface area contributed by atoms with Crippen molar-refractivity contribution >= 4 is 28.5 Å². The van der Waals surface area contributed by atoms with Crippen LogP contribution in [0.5, 0.6) is 0 Å². The number of methoxy groups -OCH3 is 1. The van der Waals surface area contributed by atoms with Gasteiger partial charge in [0.25, 0.3) is 5.91 Å². The van der Waals surface area contributed by atoms with Crippen LogP contribution in [-0.2, 0) is 4.74 Å². The Kier molecular flexibility index (Phi) is 5.76. The topological polar surface area (TPSA) is 38.3 Å². The van der Waals surface area contributed by atoms with E-state index in [9.17, 15) is 4.79 Å². The van der Waals surface area contributed by atoms with Crippen LogP contribution in [0.25, 0.3) is 0 Å². The number of halogens is 1. The lowest BCUT2D eigenvalue weighted by Crippen LogP contribution is -2.37. The highest BCUT2D eigenvalue weighted by atomic mass is 127. The summed E-state index contributed by atoms with van der Waals surface area (Å²) in [6.45, 7) is 2.57. The second kappa shape index (κ2) is 6.85. The summed E-state index contributed by atoms with van der Waals surface area (Å²) in [7, 11) is 1.64. The summed E-state index contributed by atoms with van der Waals surface area (Å²) < 4.78 is 6.10. The van der Waals surface area contributed by atoms with Crippen LogP contribution in [0.1, 0.15) is 23.7 Å². The molecule has 0 radical (unpaired) electrons. The van der Waals surface area contributed by atoms with E-state index in [4.69, 9.17) is 4.74 Å². The summed E-state index contributed by atoms with van der Waals surface area (Å²) >= 11 is 2.19. The normalized spacial score (nSPS) is 12.2. The first-order valence-corrected chi connectivity index (χ1v) is 6.30. The van der Waals surface area contributed by atoms with Crippen molar-refractivity contribution in [2.24, 2.45) is 0 Å². The van der Waals surface area contributed by atoms with E-state index in [0.717, 1.165) is 9.99 Å². The molecule has 0 saturated carbocycles. The molecule has 0 aliphatic heterocycles. The van der Waals surface area contributed by atoms with Gasteiger partial charge in [0.15, 0.2) is 0 Å². The summed E-state index contributed by atoms with van der Waals surface area (Å²) in [4.78, 5) is 11.9. The van der Waals surface area contributed by atoms with E-state index in [1.165, 1.54) is 0 Å². The van der Waals surface area contributed by atoms with Gasteiger partial charge in [0.1, 0.15) is 0 Å². The van der Waals surface area contributed by atoms with Crippen LogP contribution in [0.4, 0.5) is 0 Å². The lowest BCUT2D eigenvalue weighted by Gasteiger charge is -2.15. The first-order chi connectivity index (χ1) is 7.67. The molecule has 1 N–H and O–H groups in total. The van der Waals surface area contributed by atoms with Crippen LogP contribution >= 0.6 is 22.6 Å². The molecule has 0 spiro atoms. The summed E-state index contributed by atoms with van der Waals surface area (Å²) in [6.07, 6.45) is 0.865. The number of hydrogen-bond donors (Lipinski definition) is 1. The van der Waals surface area contributed by atoms with Crippen LogP contribution in [0.3, 0.4) is 0 Å². The standard InChI is InChI=1S/C12H16INO2/c1-3-11(8-16-2)14-12(15)9-5-4-6-10(13)7-9/h4-7,11H,3,8H2,1-2H3,(H,14,15). The SMILES string of the molecule is CCC(COC)NC(=O)c1cccc(I)c1. The Hall–Kier alpha value is -0.620. The van der Waals surface area contributed by atoms with Crippen LogP contribution in [0.15, 0.2) is 24.3 Å². The van der Waals surface area contributed by atoms with E-state index < -0.39 is 0 Å². The molecule has 1 aromatic rings. The average Bonchev–Trinajstić information content (AvgIpc) is 2.28. The summed E-state index contributed by atoms with van der Waals surface area (Å²) in [5, 5.41) is 2.94. The van der Waals surface area contributed by atoms with Crippen molar-refractivity contribution in [3.8, 4) is 0 Å². The molecule has 0 fully saturated rings. The van der Waals surface area contributed by atoms with Crippen LogP contribution in [-0.4, -0.2) is 25.7 Å². The third kappa shape index (κ3) is 4.09. The van der Waals surface area contributed by atoms with Gasteiger partial charge in [-0.05, 0) is 47.2 Å². The number of amides is 1. The predicted octanol–water partition coefficient (Wildman–Crippen LogP) is 2.45. The Labute approximate surface area is 110 Å². The van der Waals surface area contributed by atoms with E-state index >= 15 is 0 Å². The molecule has 0 aliphatic rings. The number of carbonyl (C=O) groups excluding carboxylic acids is 1. The molecule has 88 valence electrons. The zero-order valence-corrected chi connectivity index (χ0v) is 11.7. The van der Waals surface area contributed by atoms with E-state index in [0.29, 0.717) is 12.2 Å². The highest BCUT2D eigenvalue weighted by Gasteiger charge is 2.11. The first kappa shape index (κ1) is 13.4. The number of benzene rings is 1. The van der Waals surface area contributed by atoms with E-state index in [2.05, 4.69) is 27.9 Å². The molecule has 0 bridgehead atoms. The molecule has 4 heteroatoms. The quantitative estimate of drug-likeness (QED) is 0.841. The minimum atomic E-state index is -0.0394. The molecule has 0 saturated heterocycles. The van der Waals surface area contributed by atoms with Gasteiger partial charge in [-0.15, -0.1) is 0 Å². The monoisotopic (exact) mass is 333 g/mol. The van der Waals surface area contributed by atoms with Crippen molar-refractivity contribution in [1.29, 1.82) is 0 Å². The lowest BCUT2D eigenvalue weighted by molar-refractivity contribution is 0.0894. The maximum Gasteiger partial charge on any atom is 0.251 e. The number of nitrogens with one attached hydrogen (secondary N) is 1. The molecule has 1 rings (SSSR count). The Morgan fingerprint density at radius 3 is 2.88 bits per heavy atom. The van der Waals surface area contributed by atoms with Crippen molar-refractivity contribution in [3.63, 3.8) is 0 Å². The molecule has 1 aromatic carbocycles. The van der Waals surface area contributed by atoms with Gasteiger partial charge in [-0.2, -0.15) is 0 Å². The molecular weight excluding hydrogens is 317 g/mol. The number of rotatable bonds is 5. The first-order valence-electron chi connectivity index (χ1n) is 5.22. The van der Waals surface area contributed by atoms with Gasteiger partial charge in [-0.25, -0.2) is 0 Å². The van der Waals surface area contributed by atoms with Gasteiger partial charge in [0.2, 0.25) is 0 Å². The van der Waals surface area contributed by atoms with Gasteiger partial charge < -0.3 is 10.1 Å². The molecule has 1 unspecified atom stereocenters. The molecule has 1 atom stereocenters. The van der Waals surface area contributed by atoms with Crippen molar-refractivity contribution < 1.29 is 9.53 Å². The maximum atomic E-state index is 11.9. The van der Waals surface area contributed by atoms with Crippen LogP contribution in [0.2, 0.25) is 0 Å². The zero-order valence-electron chi connectivity index (χ0n) is 9.50. The minimum Gasteiger partial charge on any atom is -0.383 e. The highest BCUT2D eigenvalue weighted by molar-refractivity contribution is 14.1. The molecule has 0 aliphatic carbocycles. The summed E-state index contributed by atoms with van der Waals surface area (Å²) in [6, 6.07) is 7.61. The Morgan fingerprint density at radius 1 is 1.56 bits per heavy atom. The Bertz CT molecular complexity index is 355. The molecule has 0 aromatic heterocycles. The fourth-order valence-corrected chi connectivity index (χ4v) is 1.90. The lowest BCUT2D eigenvalue weighted by atomic mass is 10.2. The molecule has 1 amide bonds. The van der Waals surface area contributed by atoms with Crippen molar-refractivity contribution in [1.82, 2.24) is 5.32 Å². The van der Waals surface area contributed by atoms with Gasteiger partial charge in [0.05, 0.1) is 12.6 Å².